The maximum atomic E-state index is 11.4. The SMILES string of the molecule is CCOC(=O)CCCNC(=NC)N1CCN(Cc2cc(OC)c(OC)c(OC)c2)CC1.I. The van der Waals surface area contributed by atoms with Crippen molar-refractivity contribution in [1.82, 2.24) is 15.1 Å². The van der Waals surface area contributed by atoms with E-state index in [1.165, 1.54) is 0 Å². The first kappa shape index (κ1) is 28.1. The molecule has 32 heavy (non-hydrogen) atoms. The molecule has 1 aliphatic rings. The fourth-order valence-corrected chi connectivity index (χ4v) is 3.60. The van der Waals surface area contributed by atoms with E-state index >= 15 is 0 Å². The zero-order valence-corrected chi connectivity index (χ0v) is 22.1. The first-order valence-electron chi connectivity index (χ1n) is 10.7. The summed E-state index contributed by atoms with van der Waals surface area (Å²) in [7, 11) is 6.66. The Hall–Kier alpha value is -1.95. The molecule has 9 nitrogen and oxygen atoms in total. The van der Waals surface area contributed by atoms with Gasteiger partial charge in [-0.2, -0.15) is 0 Å². The fourth-order valence-electron chi connectivity index (χ4n) is 3.60. The van der Waals surface area contributed by atoms with E-state index in [4.69, 9.17) is 18.9 Å². The molecule has 0 radical (unpaired) electrons. The number of piperazine rings is 1. The van der Waals surface area contributed by atoms with E-state index in [1.54, 1.807) is 28.4 Å². The Kier molecular flexibility index (Phi) is 13.2. The van der Waals surface area contributed by atoms with Crippen LogP contribution in [-0.2, 0) is 16.1 Å². The number of methoxy groups -OCH3 is 3. The predicted octanol–water partition coefficient (Wildman–Crippen LogP) is 2.37. The van der Waals surface area contributed by atoms with Gasteiger partial charge < -0.3 is 29.2 Å². The average Bonchev–Trinajstić information content (AvgIpc) is 2.79. The highest BCUT2D eigenvalue weighted by Crippen LogP contribution is 2.38. The number of guanidine groups is 1. The van der Waals surface area contributed by atoms with Gasteiger partial charge in [0.25, 0.3) is 0 Å². The summed E-state index contributed by atoms with van der Waals surface area (Å²) in [5.74, 6) is 2.67. The first-order chi connectivity index (χ1) is 15.1. The van der Waals surface area contributed by atoms with Crippen LogP contribution >= 0.6 is 24.0 Å². The van der Waals surface area contributed by atoms with Crippen LogP contribution in [0.15, 0.2) is 17.1 Å². The predicted molar refractivity (Wildman–Crippen MR) is 136 cm³/mol. The molecule has 0 spiro atoms. The van der Waals surface area contributed by atoms with E-state index in [2.05, 4.69) is 20.1 Å². The molecule has 182 valence electrons. The second kappa shape index (κ2) is 15.0. The molecule has 0 unspecified atom stereocenters. The first-order valence-corrected chi connectivity index (χ1v) is 10.7. The minimum atomic E-state index is -0.153. The van der Waals surface area contributed by atoms with Gasteiger partial charge >= 0.3 is 5.97 Å². The molecule has 0 bridgehead atoms. The highest BCUT2D eigenvalue weighted by atomic mass is 127. The number of ether oxygens (including phenoxy) is 4. The van der Waals surface area contributed by atoms with Gasteiger partial charge in [-0.1, -0.05) is 0 Å². The molecule has 1 fully saturated rings. The Labute approximate surface area is 208 Å². The van der Waals surface area contributed by atoms with Crippen LogP contribution in [0.2, 0.25) is 0 Å². The van der Waals surface area contributed by atoms with E-state index in [1.807, 2.05) is 19.1 Å². The third-order valence-electron chi connectivity index (χ3n) is 5.16. The summed E-state index contributed by atoms with van der Waals surface area (Å²) >= 11 is 0. The van der Waals surface area contributed by atoms with Gasteiger partial charge in [-0.05, 0) is 31.0 Å². The van der Waals surface area contributed by atoms with E-state index in [0.29, 0.717) is 36.8 Å². The normalized spacial score (nSPS) is 14.4. The van der Waals surface area contributed by atoms with Crippen molar-refractivity contribution in [2.75, 3.05) is 67.7 Å². The van der Waals surface area contributed by atoms with Gasteiger partial charge in [0.15, 0.2) is 17.5 Å². The number of hydrogen-bond acceptors (Lipinski definition) is 7. The quantitative estimate of drug-likeness (QED) is 0.153. The van der Waals surface area contributed by atoms with Crippen LogP contribution in [0.4, 0.5) is 0 Å². The van der Waals surface area contributed by atoms with Crippen LogP contribution in [0.25, 0.3) is 0 Å². The molecular formula is C22H37IN4O5. The number of esters is 1. The molecular weight excluding hydrogens is 527 g/mol. The third kappa shape index (κ3) is 8.19. The van der Waals surface area contributed by atoms with Crippen LogP contribution in [-0.4, -0.2) is 89.4 Å². The highest BCUT2D eigenvalue weighted by molar-refractivity contribution is 14.0. The van der Waals surface area contributed by atoms with Crippen molar-refractivity contribution in [3.05, 3.63) is 17.7 Å². The summed E-state index contributed by atoms with van der Waals surface area (Å²) in [5.41, 5.74) is 1.12. The molecule has 10 heteroatoms. The van der Waals surface area contributed by atoms with Crippen LogP contribution in [0.1, 0.15) is 25.3 Å². The molecule has 1 aliphatic heterocycles. The second-order valence-electron chi connectivity index (χ2n) is 7.18. The molecule has 1 N–H and O–H groups in total. The van der Waals surface area contributed by atoms with Crippen molar-refractivity contribution in [3.8, 4) is 17.2 Å². The lowest BCUT2D eigenvalue weighted by molar-refractivity contribution is -0.143. The fraction of sp³-hybridized carbons (Fsp3) is 0.636. The number of benzene rings is 1. The van der Waals surface area contributed by atoms with Crippen molar-refractivity contribution in [3.63, 3.8) is 0 Å². The lowest BCUT2D eigenvalue weighted by Gasteiger charge is -2.36. The van der Waals surface area contributed by atoms with Crippen LogP contribution in [0.3, 0.4) is 0 Å². The summed E-state index contributed by atoms with van der Waals surface area (Å²) < 4.78 is 21.3. The van der Waals surface area contributed by atoms with Crippen LogP contribution in [0, 0.1) is 0 Å². The number of nitrogens with one attached hydrogen (secondary N) is 1. The van der Waals surface area contributed by atoms with Gasteiger partial charge in [0, 0.05) is 52.7 Å². The van der Waals surface area contributed by atoms with Crippen molar-refractivity contribution in [1.29, 1.82) is 0 Å². The largest absolute Gasteiger partial charge is 0.493 e. The minimum absolute atomic E-state index is 0. The summed E-state index contributed by atoms with van der Waals surface area (Å²) in [6, 6.07) is 4.00. The van der Waals surface area contributed by atoms with E-state index < -0.39 is 0 Å². The molecule has 0 saturated carbocycles. The smallest absolute Gasteiger partial charge is 0.305 e. The molecule has 1 aromatic rings. The van der Waals surface area contributed by atoms with Crippen LogP contribution < -0.4 is 19.5 Å². The lowest BCUT2D eigenvalue weighted by atomic mass is 10.1. The number of hydrogen-bond donors (Lipinski definition) is 1. The molecule has 1 saturated heterocycles. The molecule has 1 heterocycles. The maximum Gasteiger partial charge on any atom is 0.305 e. The summed E-state index contributed by atoms with van der Waals surface area (Å²) in [6.07, 6.45) is 1.14. The number of halogens is 1. The Balaban J connectivity index is 0.00000512. The Bertz CT molecular complexity index is 714. The zero-order chi connectivity index (χ0) is 22.6. The van der Waals surface area contributed by atoms with Gasteiger partial charge in [-0.3, -0.25) is 14.7 Å². The minimum Gasteiger partial charge on any atom is -0.493 e. The average molecular weight is 564 g/mol. The number of aliphatic imine (C=N–C) groups is 1. The highest BCUT2D eigenvalue weighted by Gasteiger charge is 2.21. The Morgan fingerprint density at radius 1 is 1.06 bits per heavy atom. The second-order valence-corrected chi connectivity index (χ2v) is 7.18. The lowest BCUT2D eigenvalue weighted by Crippen LogP contribution is -2.52. The van der Waals surface area contributed by atoms with Crippen molar-refractivity contribution in [2.24, 2.45) is 4.99 Å². The van der Waals surface area contributed by atoms with Gasteiger partial charge in [0.1, 0.15) is 0 Å². The van der Waals surface area contributed by atoms with Gasteiger partial charge in [0.05, 0.1) is 27.9 Å². The van der Waals surface area contributed by atoms with Gasteiger partial charge in [-0.25, -0.2) is 0 Å². The monoisotopic (exact) mass is 564 g/mol. The summed E-state index contributed by atoms with van der Waals surface area (Å²) in [4.78, 5) is 20.5. The third-order valence-corrected chi connectivity index (χ3v) is 5.16. The van der Waals surface area contributed by atoms with Crippen molar-refractivity contribution in [2.45, 2.75) is 26.3 Å². The van der Waals surface area contributed by atoms with E-state index in [-0.39, 0.29) is 29.9 Å². The van der Waals surface area contributed by atoms with E-state index in [0.717, 1.165) is 50.7 Å². The summed E-state index contributed by atoms with van der Waals surface area (Å²) in [6.45, 7) is 7.32. The Morgan fingerprint density at radius 3 is 2.19 bits per heavy atom. The number of carbonyl (C=O) groups excluding carboxylic acids is 1. The number of carbonyl (C=O) groups is 1. The molecule has 0 aromatic heterocycles. The standard InChI is InChI=1S/C22H36N4O5.HI/c1-6-31-20(27)8-7-9-24-22(23-2)26-12-10-25(11-13-26)16-17-14-18(28-3)21(30-5)19(15-17)29-4;/h14-15H,6-13,16H2,1-5H3,(H,23,24);1H. The van der Waals surface area contributed by atoms with Crippen molar-refractivity contribution < 1.29 is 23.7 Å². The van der Waals surface area contributed by atoms with Gasteiger partial charge in [-0.15, -0.1) is 24.0 Å². The van der Waals surface area contributed by atoms with Crippen molar-refractivity contribution >= 4 is 35.9 Å². The number of nitrogens with zero attached hydrogens (tertiary/aromatic N) is 3. The number of rotatable bonds is 10. The molecule has 0 atom stereocenters. The maximum absolute atomic E-state index is 11.4. The van der Waals surface area contributed by atoms with Crippen LogP contribution in [0.5, 0.6) is 17.2 Å². The molecule has 0 amide bonds. The summed E-state index contributed by atoms with van der Waals surface area (Å²) in [5, 5.41) is 3.35. The molecule has 1 aromatic carbocycles. The zero-order valence-electron chi connectivity index (χ0n) is 19.8. The van der Waals surface area contributed by atoms with E-state index in [9.17, 15) is 4.79 Å². The molecule has 0 aliphatic carbocycles. The molecule has 2 rings (SSSR count). The van der Waals surface area contributed by atoms with Gasteiger partial charge in [0.2, 0.25) is 5.75 Å². The Morgan fingerprint density at radius 2 is 1.69 bits per heavy atom. The topological polar surface area (TPSA) is 84.9 Å².